The van der Waals surface area contributed by atoms with Gasteiger partial charge in [-0.15, -0.1) is 10.2 Å². The van der Waals surface area contributed by atoms with Gasteiger partial charge in [0.1, 0.15) is 23.3 Å². The number of hydrogen-bond donors (Lipinski definition) is 1. The summed E-state index contributed by atoms with van der Waals surface area (Å²) in [5, 5.41) is 10.3. The van der Waals surface area contributed by atoms with Gasteiger partial charge in [0.2, 0.25) is 11.8 Å². The van der Waals surface area contributed by atoms with Crippen molar-refractivity contribution in [3.63, 3.8) is 0 Å². The molecule has 1 amide bonds. The van der Waals surface area contributed by atoms with Crippen LogP contribution in [0.3, 0.4) is 0 Å². The molecule has 0 bridgehead atoms. The number of carbonyl (C=O) groups is 1. The number of amides is 1. The zero-order valence-corrected chi connectivity index (χ0v) is 14.6. The number of nitrogens with zero attached hydrogens (tertiary/aromatic N) is 2. The lowest BCUT2D eigenvalue weighted by Gasteiger charge is -2.22. The van der Waals surface area contributed by atoms with E-state index in [0.717, 1.165) is 12.1 Å². The fourth-order valence-electron chi connectivity index (χ4n) is 2.11. The third-order valence-corrected chi connectivity index (χ3v) is 3.21. The van der Waals surface area contributed by atoms with E-state index in [1.54, 1.807) is 20.8 Å². The van der Waals surface area contributed by atoms with E-state index in [-0.39, 0.29) is 17.9 Å². The molecule has 1 atom stereocenters. The van der Waals surface area contributed by atoms with E-state index < -0.39 is 29.4 Å². The minimum Gasteiger partial charge on any atom is -0.444 e. The number of alkyl carbamates (subject to hydrolysis) is 1. The van der Waals surface area contributed by atoms with Crippen LogP contribution in [0.1, 0.15) is 51.1 Å². The van der Waals surface area contributed by atoms with Gasteiger partial charge in [0.15, 0.2) is 0 Å². The molecule has 136 valence electrons. The predicted molar refractivity (Wildman–Crippen MR) is 85.8 cm³/mol. The molecule has 1 aromatic heterocycles. The molecule has 0 aliphatic heterocycles. The molecule has 0 aliphatic carbocycles. The topological polar surface area (TPSA) is 77.2 Å². The van der Waals surface area contributed by atoms with Crippen molar-refractivity contribution in [2.24, 2.45) is 0 Å². The highest BCUT2D eigenvalue weighted by atomic mass is 19.1. The summed E-state index contributed by atoms with van der Waals surface area (Å²) in [7, 11) is 0. The fourth-order valence-corrected chi connectivity index (χ4v) is 2.11. The van der Waals surface area contributed by atoms with Crippen molar-refractivity contribution in [3.05, 3.63) is 47.2 Å². The fraction of sp³-hybridized carbons (Fsp3) is 0.471. The number of benzene rings is 1. The number of rotatable bonds is 5. The first kappa shape index (κ1) is 18.8. The molecule has 1 aromatic carbocycles. The minimum absolute atomic E-state index is 0.0106. The summed E-state index contributed by atoms with van der Waals surface area (Å²) < 4.78 is 37.7. The lowest BCUT2D eigenvalue weighted by molar-refractivity contribution is 0.0494. The average Bonchev–Trinajstić information content (AvgIpc) is 2.96. The molecular formula is C17H21F2N3O3. The van der Waals surface area contributed by atoms with Gasteiger partial charge >= 0.3 is 6.09 Å². The summed E-state index contributed by atoms with van der Waals surface area (Å²) in [6, 6.07) is 2.44. The Labute approximate surface area is 144 Å². The van der Waals surface area contributed by atoms with Crippen LogP contribution in [0.4, 0.5) is 13.6 Å². The Balaban J connectivity index is 2.23. The summed E-state index contributed by atoms with van der Waals surface area (Å²) >= 11 is 0. The largest absolute Gasteiger partial charge is 0.444 e. The van der Waals surface area contributed by atoms with Crippen molar-refractivity contribution < 1.29 is 22.7 Å². The third kappa shape index (κ3) is 5.51. The number of nitrogens with one attached hydrogen (secondary N) is 1. The first-order chi connectivity index (χ1) is 11.7. The highest BCUT2D eigenvalue weighted by Crippen LogP contribution is 2.21. The maximum Gasteiger partial charge on any atom is 0.408 e. The van der Waals surface area contributed by atoms with Crippen molar-refractivity contribution in [2.75, 3.05) is 0 Å². The van der Waals surface area contributed by atoms with Crippen molar-refractivity contribution in [2.45, 2.75) is 52.2 Å². The molecule has 25 heavy (non-hydrogen) atoms. The molecule has 6 nitrogen and oxygen atoms in total. The van der Waals surface area contributed by atoms with Gasteiger partial charge in [-0.2, -0.15) is 0 Å². The lowest BCUT2D eigenvalue weighted by Crippen LogP contribution is -2.36. The van der Waals surface area contributed by atoms with Crippen LogP contribution >= 0.6 is 0 Å². The first-order valence-corrected chi connectivity index (χ1v) is 7.93. The van der Waals surface area contributed by atoms with E-state index >= 15 is 0 Å². The van der Waals surface area contributed by atoms with Crippen LogP contribution in [0.5, 0.6) is 0 Å². The number of hydrogen-bond acceptors (Lipinski definition) is 5. The van der Waals surface area contributed by atoms with Gasteiger partial charge in [0, 0.05) is 18.9 Å². The molecule has 0 saturated carbocycles. The standard InChI is InChI=1S/C17H21F2N3O3/c1-5-14-21-22-15(24-14)13(20-16(23)25-17(2,3)4)8-10-6-7-11(18)9-12(10)19/h6-7,9,13H,5,8H2,1-4H3,(H,20,23). The molecule has 0 fully saturated rings. The Morgan fingerprint density at radius 2 is 2.04 bits per heavy atom. The van der Waals surface area contributed by atoms with Crippen LogP contribution in [0.25, 0.3) is 0 Å². The van der Waals surface area contributed by atoms with Crippen LogP contribution in [0.15, 0.2) is 22.6 Å². The zero-order valence-electron chi connectivity index (χ0n) is 14.6. The second kappa shape index (κ2) is 7.58. The minimum atomic E-state index is -0.803. The number of ether oxygens (including phenoxy) is 1. The summed E-state index contributed by atoms with van der Waals surface area (Å²) in [5.41, 5.74) is -0.488. The van der Waals surface area contributed by atoms with Crippen molar-refractivity contribution in [3.8, 4) is 0 Å². The van der Waals surface area contributed by atoms with Gasteiger partial charge < -0.3 is 14.5 Å². The van der Waals surface area contributed by atoms with E-state index in [2.05, 4.69) is 15.5 Å². The van der Waals surface area contributed by atoms with E-state index in [0.29, 0.717) is 12.3 Å². The number of carbonyl (C=O) groups excluding carboxylic acids is 1. The molecule has 2 aromatic rings. The van der Waals surface area contributed by atoms with Gasteiger partial charge in [-0.1, -0.05) is 13.0 Å². The van der Waals surface area contributed by atoms with Gasteiger partial charge in [0.05, 0.1) is 0 Å². The molecule has 1 heterocycles. The van der Waals surface area contributed by atoms with Crippen molar-refractivity contribution in [1.82, 2.24) is 15.5 Å². The van der Waals surface area contributed by atoms with E-state index in [9.17, 15) is 13.6 Å². The summed E-state index contributed by atoms with van der Waals surface area (Å²) in [4.78, 5) is 12.1. The Kier molecular flexibility index (Phi) is 5.71. The highest BCUT2D eigenvalue weighted by Gasteiger charge is 2.25. The first-order valence-electron chi connectivity index (χ1n) is 7.93. The summed E-state index contributed by atoms with van der Waals surface area (Å²) in [6.45, 7) is 7.02. The second-order valence-corrected chi connectivity index (χ2v) is 6.53. The number of halogens is 2. The van der Waals surface area contributed by atoms with Crippen molar-refractivity contribution in [1.29, 1.82) is 0 Å². The SMILES string of the molecule is CCc1nnc(C(Cc2ccc(F)cc2F)NC(=O)OC(C)(C)C)o1. The third-order valence-electron chi connectivity index (χ3n) is 3.21. The smallest absolute Gasteiger partial charge is 0.408 e. The normalized spacial score (nSPS) is 12.7. The zero-order chi connectivity index (χ0) is 18.6. The summed E-state index contributed by atoms with van der Waals surface area (Å²) in [5.74, 6) is -0.868. The van der Waals surface area contributed by atoms with Gasteiger partial charge in [-0.25, -0.2) is 13.6 Å². The molecule has 1 unspecified atom stereocenters. The van der Waals surface area contributed by atoms with Crippen LogP contribution in [0, 0.1) is 11.6 Å². The Hall–Kier alpha value is -2.51. The lowest BCUT2D eigenvalue weighted by atomic mass is 10.1. The Morgan fingerprint density at radius 1 is 1.32 bits per heavy atom. The predicted octanol–water partition coefficient (Wildman–Crippen LogP) is 3.72. The Bertz CT molecular complexity index is 741. The van der Waals surface area contributed by atoms with Crippen LogP contribution in [-0.2, 0) is 17.6 Å². The number of aryl methyl sites for hydroxylation is 1. The molecule has 2 rings (SSSR count). The van der Waals surface area contributed by atoms with E-state index in [1.807, 2.05) is 6.92 Å². The molecule has 8 heteroatoms. The van der Waals surface area contributed by atoms with E-state index in [4.69, 9.17) is 9.15 Å². The molecule has 1 N–H and O–H groups in total. The monoisotopic (exact) mass is 353 g/mol. The second-order valence-electron chi connectivity index (χ2n) is 6.53. The average molecular weight is 353 g/mol. The maximum atomic E-state index is 14.0. The molecule has 0 spiro atoms. The van der Waals surface area contributed by atoms with E-state index in [1.165, 1.54) is 6.07 Å². The summed E-state index contributed by atoms with van der Waals surface area (Å²) in [6.07, 6.45) is -0.162. The van der Waals surface area contributed by atoms with Gasteiger partial charge in [-0.05, 0) is 32.4 Å². The van der Waals surface area contributed by atoms with Crippen LogP contribution in [0.2, 0.25) is 0 Å². The van der Waals surface area contributed by atoms with Crippen LogP contribution < -0.4 is 5.32 Å². The van der Waals surface area contributed by atoms with Gasteiger partial charge in [-0.3, -0.25) is 0 Å². The quantitative estimate of drug-likeness (QED) is 0.886. The molecule has 0 saturated heterocycles. The maximum absolute atomic E-state index is 14.0. The molecule has 0 radical (unpaired) electrons. The number of aromatic nitrogens is 2. The molecule has 0 aliphatic rings. The highest BCUT2D eigenvalue weighted by molar-refractivity contribution is 5.68. The Morgan fingerprint density at radius 3 is 2.60 bits per heavy atom. The van der Waals surface area contributed by atoms with Crippen molar-refractivity contribution >= 4 is 6.09 Å². The van der Waals surface area contributed by atoms with Crippen LogP contribution in [-0.4, -0.2) is 21.9 Å². The molecular weight excluding hydrogens is 332 g/mol. The van der Waals surface area contributed by atoms with Gasteiger partial charge in [0.25, 0.3) is 0 Å².